The van der Waals surface area contributed by atoms with Crippen LogP contribution >= 0.6 is 34.4 Å². The highest BCUT2D eigenvalue weighted by atomic mass is 127. The number of benzene rings is 1. The fourth-order valence-electron chi connectivity index (χ4n) is 3.37. The number of aromatic nitrogens is 4. The molecule has 2 aromatic heterocycles. The molecule has 7 nitrogen and oxygen atoms in total. The molecule has 0 saturated carbocycles. The maximum Gasteiger partial charge on any atom is 0.175 e. The molecule has 0 amide bonds. The highest BCUT2D eigenvalue weighted by Gasteiger charge is 2.19. The molecule has 1 aliphatic heterocycles. The minimum absolute atomic E-state index is 0.421. The molecule has 29 heavy (non-hydrogen) atoms. The number of halogens is 1. The maximum atomic E-state index is 6.08. The van der Waals surface area contributed by atoms with Gasteiger partial charge < -0.3 is 20.4 Å². The predicted molar refractivity (Wildman–Crippen MR) is 125 cm³/mol. The van der Waals surface area contributed by atoms with Crippen LogP contribution < -0.4 is 15.8 Å². The van der Waals surface area contributed by atoms with E-state index in [4.69, 9.17) is 15.5 Å². The van der Waals surface area contributed by atoms with Gasteiger partial charge in [-0.3, -0.25) is 0 Å². The van der Waals surface area contributed by atoms with Crippen molar-refractivity contribution in [3.05, 3.63) is 27.6 Å². The lowest BCUT2D eigenvalue weighted by Gasteiger charge is -2.19. The number of imidazole rings is 1. The Morgan fingerprint density at radius 1 is 1.34 bits per heavy atom. The van der Waals surface area contributed by atoms with Gasteiger partial charge >= 0.3 is 0 Å². The number of nitrogens with two attached hydrogens (primary N) is 1. The zero-order chi connectivity index (χ0) is 20.4. The molecule has 0 spiro atoms. The normalized spacial score (nSPS) is 13.7. The molecule has 9 heteroatoms. The number of hydrogen-bond acceptors (Lipinski definition) is 7. The summed E-state index contributed by atoms with van der Waals surface area (Å²) in [6.45, 7) is 6.87. The number of aryl methyl sites for hydroxylation is 2. The van der Waals surface area contributed by atoms with Crippen LogP contribution in [0, 0.1) is 3.57 Å². The summed E-state index contributed by atoms with van der Waals surface area (Å²) in [5.41, 5.74) is 8.81. The van der Waals surface area contributed by atoms with E-state index in [2.05, 4.69) is 68.4 Å². The standard InChI is InChI=1S/C20H25IN6OS/c1-12(2)23-6-4-7-27-19-17(18(22)24-11-25-19)26-20(27)29-16-9-13-5-3-8-28-15(13)10-14(16)21/h9-12,23H,3-8H2,1-2H3,(H2,22,24,25). The second kappa shape index (κ2) is 9.05. The van der Waals surface area contributed by atoms with E-state index in [0.717, 1.165) is 59.1 Å². The predicted octanol–water partition coefficient (Wildman–Crippen LogP) is 3.88. The number of nitrogens with zero attached hydrogens (tertiary/aromatic N) is 4. The molecule has 3 aromatic rings. The number of fused-ring (bicyclic) bond motifs is 2. The Hall–Kier alpha value is -1.59. The first-order valence-corrected chi connectivity index (χ1v) is 11.8. The smallest absolute Gasteiger partial charge is 0.175 e. The van der Waals surface area contributed by atoms with Crippen LogP contribution in [0.4, 0.5) is 5.82 Å². The Balaban J connectivity index is 1.66. The van der Waals surface area contributed by atoms with E-state index >= 15 is 0 Å². The minimum Gasteiger partial charge on any atom is -0.493 e. The number of anilines is 1. The van der Waals surface area contributed by atoms with Crippen LogP contribution in [-0.2, 0) is 13.0 Å². The topological polar surface area (TPSA) is 90.9 Å². The Bertz CT molecular complexity index is 1020. The Labute approximate surface area is 188 Å². The fourth-order valence-corrected chi connectivity index (χ4v) is 5.12. The highest BCUT2D eigenvalue weighted by molar-refractivity contribution is 14.1. The first-order chi connectivity index (χ1) is 14.0. The van der Waals surface area contributed by atoms with Gasteiger partial charge in [-0.15, -0.1) is 0 Å². The summed E-state index contributed by atoms with van der Waals surface area (Å²) in [4.78, 5) is 14.6. The van der Waals surface area contributed by atoms with E-state index < -0.39 is 0 Å². The van der Waals surface area contributed by atoms with Crippen LogP contribution in [0.2, 0.25) is 0 Å². The molecule has 154 valence electrons. The van der Waals surface area contributed by atoms with Crippen molar-refractivity contribution < 1.29 is 4.74 Å². The van der Waals surface area contributed by atoms with E-state index in [1.54, 1.807) is 11.8 Å². The molecule has 1 aliphatic rings. The van der Waals surface area contributed by atoms with E-state index in [-0.39, 0.29) is 0 Å². The number of hydrogen-bond donors (Lipinski definition) is 2. The molecule has 0 unspecified atom stereocenters. The lowest BCUT2D eigenvalue weighted by atomic mass is 10.1. The number of ether oxygens (including phenoxy) is 1. The van der Waals surface area contributed by atoms with Crippen LogP contribution in [0.25, 0.3) is 11.2 Å². The second-order valence-corrected chi connectivity index (χ2v) is 9.56. The second-order valence-electron chi connectivity index (χ2n) is 7.38. The molecule has 0 atom stereocenters. The molecule has 1 aromatic carbocycles. The van der Waals surface area contributed by atoms with Gasteiger partial charge in [-0.1, -0.05) is 25.6 Å². The largest absolute Gasteiger partial charge is 0.493 e. The summed E-state index contributed by atoms with van der Waals surface area (Å²) in [6, 6.07) is 4.84. The average Bonchev–Trinajstić information content (AvgIpc) is 3.04. The minimum atomic E-state index is 0.421. The third-order valence-corrected chi connectivity index (χ3v) is 7.11. The van der Waals surface area contributed by atoms with Gasteiger partial charge in [-0.2, -0.15) is 0 Å². The number of rotatable bonds is 7. The van der Waals surface area contributed by atoms with Crippen molar-refractivity contribution in [1.29, 1.82) is 0 Å². The van der Waals surface area contributed by atoms with Gasteiger partial charge in [-0.05, 0) is 66.1 Å². The molecule has 0 aliphatic carbocycles. The lowest BCUT2D eigenvalue weighted by molar-refractivity contribution is 0.287. The van der Waals surface area contributed by atoms with Gasteiger partial charge in [-0.25, -0.2) is 15.0 Å². The van der Waals surface area contributed by atoms with Crippen LogP contribution in [0.15, 0.2) is 28.5 Å². The molecule has 0 bridgehead atoms. The van der Waals surface area contributed by atoms with Gasteiger partial charge in [0.2, 0.25) is 0 Å². The van der Waals surface area contributed by atoms with E-state index in [1.807, 2.05) is 0 Å². The Morgan fingerprint density at radius 3 is 3.03 bits per heavy atom. The van der Waals surface area contributed by atoms with Gasteiger partial charge in [0, 0.05) is 21.1 Å². The molecule has 3 N–H and O–H groups in total. The van der Waals surface area contributed by atoms with Crippen LogP contribution in [-0.4, -0.2) is 38.7 Å². The van der Waals surface area contributed by atoms with Crippen LogP contribution in [0.5, 0.6) is 5.75 Å². The molecule has 3 heterocycles. The van der Waals surface area contributed by atoms with Crippen molar-refractivity contribution in [1.82, 2.24) is 24.8 Å². The highest BCUT2D eigenvalue weighted by Crippen LogP contribution is 2.38. The van der Waals surface area contributed by atoms with Crippen molar-refractivity contribution in [2.24, 2.45) is 0 Å². The van der Waals surface area contributed by atoms with Crippen molar-refractivity contribution in [2.75, 3.05) is 18.9 Å². The van der Waals surface area contributed by atoms with Crippen LogP contribution in [0.1, 0.15) is 32.3 Å². The molecule has 0 saturated heterocycles. The average molecular weight is 524 g/mol. The summed E-state index contributed by atoms with van der Waals surface area (Å²) < 4.78 is 9.12. The van der Waals surface area contributed by atoms with Crippen molar-refractivity contribution in [3.8, 4) is 5.75 Å². The van der Waals surface area contributed by atoms with Crippen molar-refractivity contribution in [2.45, 2.75) is 55.7 Å². The monoisotopic (exact) mass is 524 g/mol. The van der Waals surface area contributed by atoms with E-state index in [1.165, 1.54) is 16.8 Å². The van der Waals surface area contributed by atoms with Gasteiger partial charge in [0.25, 0.3) is 0 Å². The molecular formula is C20H25IN6OS. The first kappa shape index (κ1) is 20.7. The number of nitrogens with one attached hydrogen (secondary N) is 1. The van der Waals surface area contributed by atoms with Crippen LogP contribution in [0.3, 0.4) is 0 Å². The molecule has 0 fully saturated rings. The Morgan fingerprint density at radius 2 is 2.21 bits per heavy atom. The third-order valence-electron chi connectivity index (χ3n) is 4.80. The maximum absolute atomic E-state index is 6.08. The summed E-state index contributed by atoms with van der Waals surface area (Å²) in [5, 5.41) is 4.36. The Kier molecular flexibility index (Phi) is 6.45. The van der Waals surface area contributed by atoms with Gasteiger partial charge in [0.15, 0.2) is 22.1 Å². The first-order valence-electron chi connectivity index (χ1n) is 9.86. The quantitative estimate of drug-likeness (QED) is 0.358. The zero-order valence-corrected chi connectivity index (χ0v) is 19.6. The van der Waals surface area contributed by atoms with Crippen molar-refractivity contribution in [3.63, 3.8) is 0 Å². The van der Waals surface area contributed by atoms with Gasteiger partial charge in [0.1, 0.15) is 12.1 Å². The summed E-state index contributed by atoms with van der Waals surface area (Å²) in [5.74, 6) is 1.43. The lowest BCUT2D eigenvalue weighted by Crippen LogP contribution is -2.24. The van der Waals surface area contributed by atoms with Crippen molar-refractivity contribution >= 4 is 51.3 Å². The third kappa shape index (κ3) is 4.61. The van der Waals surface area contributed by atoms with Gasteiger partial charge in [0.05, 0.1) is 6.61 Å². The molecule has 0 radical (unpaired) electrons. The summed E-state index contributed by atoms with van der Waals surface area (Å²) in [7, 11) is 0. The number of nitrogen functional groups attached to an aromatic ring is 1. The summed E-state index contributed by atoms with van der Waals surface area (Å²) >= 11 is 4.03. The molecule has 4 rings (SSSR count). The summed E-state index contributed by atoms with van der Waals surface area (Å²) in [6.07, 6.45) is 4.60. The zero-order valence-electron chi connectivity index (χ0n) is 16.6. The molecular weight excluding hydrogens is 499 g/mol. The SMILES string of the molecule is CC(C)NCCCn1c(Sc2cc3c(cc2I)OCCC3)nc2c(N)ncnc21. The fraction of sp³-hybridized carbons (Fsp3) is 0.450. The van der Waals surface area contributed by atoms with E-state index in [0.29, 0.717) is 17.4 Å². The van der Waals surface area contributed by atoms with E-state index in [9.17, 15) is 0 Å².